The molecule has 0 aliphatic heterocycles. The summed E-state index contributed by atoms with van der Waals surface area (Å²) in [5, 5.41) is 43.7. The van der Waals surface area contributed by atoms with Crippen LogP contribution in [-0.2, 0) is 0 Å². The van der Waals surface area contributed by atoms with Gasteiger partial charge in [-0.25, -0.2) is 0 Å². The molecule has 0 fully saturated rings. The molecule has 0 aliphatic carbocycles. The summed E-state index contributed by atoms with van der Waals surface area (Å²) in [5.74, 6) is 0. The lowest BCUT2D eigenvalue weighted by Crippen LogP contribution is -2.56. The molecule has 0 saturated heterocycles. The molecule has 0 unspecified atom stereocenters. The lowest BCUT2D eigenvalue weighted by Gasteiger charge is -2.30. The average molecular weight is 206 g/mol. The summed E-state index contributed by atoms with van der Waals surface area (Å²) in [6, 6.07) is 0. The van der Waals surface area contributed by atoms with Crippen LogP contribution in [-0.4, -0.2) is 31.2 Å². The van der Waals surface area contributed by atoms with E-state index in [4.69, 9.17) is 10.4 Å². The molecule has 0 aromatic carbocycles. The first kappa shape index (κ1) is 12.4. The Morgan fingerprint density at radius 1 is 0.857 bits per heavy atom. The number of hydroxylamine groups is 2. The van der Waals surface area contributed by atoms with Gasteiger partial charge < -0.3 is 20.8 Å². The largest absolute Gasteiger partial charge is 0.597 e. The van der Waals surface area contributed by atoms with E-state index in [9.17, 15) is 10.4 Å². The van der Waals surface area contributed by atoms with Crippen molar-refractivity contribution in [2.75, 3.05) is 0 Å². The van der Waals surface area contributed by atoms with Crippen LogP contribution in [0.25, 0.3) is 0 Å². The highest BCUT2D eigenvalue weighted by atomic mass is 16.6. The molecular formula is C6H14N4O4. The standard InChI is InChI=1S/C6H14N4O4/c1-5(2,9(13)7-11)6(3,4)10(14)8-12/h11-12H,1-4H3/b9-7-,10-8-. The van der Waals surface area contributed by atoms with E-state index in [0.29, 0.717) is 0 Å². The van der Waals surface area contributed by atoms with Gasteiger partial charge in [0.1, 0.15) is 0 Å². The molecule has 0 heterocycles. The highest BCUT2D eigenvalue weighted by Crippen LogP contribution is 2.28. The van der Waals surface area contributed by atoms with Crippen molar-refractivity contribution in [1.29, 1.82) is 0 Å². The van der Waals surface area contributed by atoms with Gasteiger partial charge in [-0.05, 0) is 9.72 Å². The number of rotatable bonds is 3. The van der Waals surface area contributed by atoms with Crippen LogP contribution in [0.15, 0.2) is 10.6 Å². The Bertz CT molecular complexity index is 243. The van der Waals surface area contributed by atoms with Crippen molar-refractivity contribution in [3.05, 3.63) is 10.4 Å². The maximum Gasteiger partial charge on any atom is 0.263 e. The summed E-state index contributed by atoms with van der Waals surface area (Å²) in [7, 11) is 0. The zero-order valence-corrected chi connectivity index (χ0v) is 8.50. The van der Waals surface area contributed by atoms with Crippen LogP contribution < -0.4 is 0 Å². The second-order valence-electron chi connectivity index (χ2n) is 3.84. The van der Waals surface area contributed by atoms with Gasteiger partial charge in [-0.1, -0.05) is 0 Å². The van der Waals surface area contributed by atoms with Crippen LogP contribution in [0.4, 0.5) is 0 Å². The van der Waals surface area contributed by atoms with Crippen molar-refractivity contribution in [1.82, 2.24) is 0 Å². The Morgan fingerprint density at radius 2 is 1.07 bits per heavy atom. The summed E-state index contributed by atoms with van der Waals surface area (Å²) in [6.07, 6.45) is 0. The van der Waals surface area contributed by atoms with Gasteiger partial charge in [0, 0.05) is 27.7 Å². The van der Waals surface area contributed by atoms with E-state index in [-0.39, 0.29) is 9.72 Å². The fourth-order valence-electron chi connectivity index (χ4n) is 0.692. The van der Waals surface area contributed by atoms with Crippen LogP contribution in [0, 0.1) is 10.4 Å². The fraction of sp³-hybridized carbons (Fsp3) is 1.00. The highest BCUT2D eigenvalue weighted by Gasteiger charge is 2.55. The highest BCUT2D eigenvalue weighted by molar-refractivity contribution is 4.86. The summed E-state index contributed by atoms with van der Waals surface area (Å²) in [6.45, 7) is 5.54. The van der Waals surface area contributed by atoms with E-state index in [1.54, 1.807) is 0 Å². The van der Waals surface area contributed by atoms with E-state index in [0.717, 1.165) is 0 Å². The van der Waals surface area contributed by atoms with Crippen LogP contribution >= 0.6 is 0 Å². The van der Waals surface area contributed by atoms with Crippen molar-refractivity contribution in [2.45, 2.75) is 38.8 Å². The molecule has 8 nitrogen and oxygen atoms in total. The number of hydrogen-bond donors (Lipinski definition) is 2. The van der Waals surface area contributed by atoms with Gasteiger partial charge in [0.25, 0.3) is 11.1 Å². The molecule has 0 rings (SSSR count). The van der Waals surface area contributed by atoms with Gasteiger partial charge in [0.2, 0.25) is 0 Å². The Hall–Kier alpha value is -1.60. The Labute approximate surface area is 80.9 Å². The second-order valence-corrected chi connectivity index (χ2v) is 3.84. The van der Waals surface area contributed by atoms with Crippen molar-refractivity contribution in [3.8, 4) is 0 Å². The van der Waals surface area contributed by atoms with Gasteiger partial charge in [0.15, 0.2) is 10.6 Å². The van der Waals surface area contributed by atoms with E-state index in [1.165, 1.54) is 27.7 Å². The maximum atomic E-state index is 11.1. The summed E-state index contributed by atoms with van der Waals surface area (Å²) < 4.78 is 0. The Kier molecular flexibility index (Phi) is 3.23. The molecule has 8 heteroatoms. The molecule has 82 valence electrons. The zero-order valence-electron chi connectivity index (χ0n) is 8.50. The molecule has 0 amide bonds. The van der Waals surface area contributed by atoms with Gasteiger partial charge in [0.05, 0.1) is 0 Å². The van der Waals surface area contributed by atoms with Crippen LogP contribution in [0.3, 0.4) is 0 Å². The molecule has 0 atom stereocenters. The average Bonchev–Trinajstić information content (AvgIpc) is 2.14. The van der Waals surface area contributed by atoms with Gasteiger partial charge in [-0.15, -0.1) is 0 Å². The quantitative estimate of drug-likeness (QED) is 0.410. The Balaban J connectivity index is 5.28. The maximum absolute atomic E-state index is 11.1. The van der Waals surface area contributed by atoms with E-state index in [1.807, 2.05) is 0 Å². The monoisotopic (exact) mass is 206 g/mol. The van der Waals surface area contributed by atoms with Crippen molar-refractivity contribution in [2.24, 2.45) is 10.6 Å². The normalized spacial score (nSPS) is 15.7. The van der Waals surface area contributed by atoms with Gasteiger partial charge in [-0.3, -0.25) is 0 Å². The second kappa shape index (κ2) is 3.64. The molecule has 0 bridgehead atoms. The SMILES string of the molecule is CC(C)(/[N+]([O-])=N/O)C(C)(C)/[N+]([O-])=N/O. The van der Waals surface area contributed by atoms with Gasteiger partial charge in [-0.2, -0.15) is 0 Å². The fourth-order valence-corrected chi connectivity index (χ4v) is 0.692. The number of hydrogen-bond acceptors (Lipinski definition) is 4. The van der Waals surface area contributed by atoms with E-state index >= 15 is 0 Å². The molecule has 2 N–H and O–H groups in total. The van der Waals surface area contributed by atoms with Crippen LogP contribution in [0.5, 0.6) is 0 Å². The Morgan fingerprint density at radius 3 is 1.21 bits per heavy atom. The zero-order chi connectivity index (χ0) is 11.6. The summed E-state index contributed by atoms with van der Waals surface area (Å²) in [4.78, 5) is -0.0494. The minimum absolute atomic E-state index is 0.0247. The van der Waals surface area contributed by atoms with Crippen LogP contribution in [0.2, 0.25) is 0 Å². The van der Waals surface area contributed by atoms with Crippen molar-refractivity contribution in [3.63, 3.8) is 0 Å². The molecule has 0 aliphatic rings. The minimum Gasteiger partial charge on any atom is -0.597 e. The minimum atomic E-state index is -1.35. The molecule has 0 saturated carbocycles. The van der Waals surface area contributed by atoms with Gasteiger partial charge >= 0.3 is 0 Å². The predicted octanol–water partition coefficient (Wildman–Crippen LogP) is 1.25. The van der Waals surface area contributed by atoms with E-state index in [2.05, 4.69) is 10.6 Å². The molecular weight excluding hydrogens is 192 g/mol. The molecule has 0 aromatic rings. The topological polar surface area (TPSA) is 117 Å². The predicted molar refractivity (Wildman–Crippen MR) is 43.8 cm³/mol. The molecule has 0 spiro atoms. The summed E-state index contributed by atoms with van der Waals surface area (Å²) >= 11 is 0. The molecule has 0 aromatic heterocycles. The van der Waals surface area contributed by atoms with E-state index < -0.39 is 11.1 Å². The molecule has 14 heavy (non-hydrogen) atoms. The lowest BCUT2D eigenvalue weighted by atomic mass is 9.84. The lowest BCUT2D eigenvalue weighted by molar-refractivity contribution is -0.726. The van der Waals surface area contributed by atoms with Crippen LogP contribution in [0.1, 0.15) is 27.7 Å². The first-order chi connectivity index (χ1) is 6.21. The summed E-state index contributed by atoms with van der Waals surface area (Å²) in [5.41, 5.74) is -2.70. The molecule has 0 radical (unpaired) electrons. The third-order valence-electron chi connectivity index (χ3n) is 2.62. The first-order valence-corrected chi connectivity index (χ1v) is 3.86. The third kappa shape index (κ3) is 1.68. The number of nitrogens with zero attached hydrogens (tertiary/aromatic N) is 4. The first-order valence-electron chi connectivity index (χ1n) is 3.86. The third-order valence-corrected chi connectivity index (χ3v) is 2.62. The van der Waals surface area contributed by atoms with Crippen molar-refractivity contribution >= 4 is 0 Å². The van der Waals surface area contributed by atoms with Crippen molar-refractivity contribution < 1.29 is 20.1 Å². The smallest absolute Gasteiger partial charge is 0.263 e.